The first-order valence-electron chi connectivity index (χ1n) is 5.15. The molecule has 18 heavy (non-hydrogen) atoms. The molecule has 0 aliphatic carbocycles. The van der Waals surface area contributed by atoms with Crippen LogP contribution in [0.25, 0.3) is 0 Å². The summed E-state index contributed by atoms with van der Waals surface area (Å²) in [6, 6.07) is 0. The number of rotatable bonds is 3. The SMILES string of the molecule is CC(=O)OCC1=C(C(=O)O)N2C(=O)[C@@H](O)[C@H]2SC1. The van der Waals surface area contributed by atoms with E-state index in [9.17, 15) is 19.5 Å². The van der Waals surface area contributed by atoms with Crippen LogP contribution in [0.1, 0.15) is 6.92 Å². The van der Waals surface area contributed by atoms with E-state index in [0.717, 1.165) is 4.90 Å². The number of hydrogen-bond acceptors (Lipinski definition) is 6. The van der Waals surface area contributed by atoms with Crippen molar-refractivity contribution in [2.45, 2.75) is 18.4 Å². The molecule has 2 aliphatic rings. The molecule has 1 fully saturated rings. The minimum absolute atomic E-state index is 0.156. The quantitative estimate of drug-likeness (QED) is 0.510. The van der Waals surface area contributed by atoms with Crippen LogP contribution in [0.2, 0.25) is 0 Å². The number of aliphatic hydroxyl groups is 1. The zero-order valence-electron chi connectivity index (χ0n) is 9.45. The Morgan fingerprint density at radius 1 is 1.56 bits per heavy atom. The molecule has 0 spiro atoms. The lowest BCUT2D eigenvalue weighted by molar-refractivity contribution is -0.159. The van der Waals surface area contributed by atoms with Gasteiger partial charge < -0.3 is 14.9 Å². The van der Waals surface area contributed by atoms with Crippen LogP contribution in [0.4, 0.5) is 0 Å². The molecule has 2 atom stereocenters. The van der Waals surface area contributed by atoms with Gasteiger partial charge in [-0.3, -0.25) is 14.5 Å². The van der Waals surface area contributed by atoms with E-state index in [-0.39, 0.29) is 12.3 Å². The van der Waals surface area contributed by atoms with Crippen LogP contribution >= 0.6 is 11.8 Å². The third kappa shape index (κ3) is 1.97. The van der Waals surface area contributed by atoms with E-state index in [2.05, 4.69) is 0 Å². The number of carbonyl (C=O) groups excluding carboxylic acids is 2. The van der Waals surface area contributed by atoms with Gasteiger partial charge in [-0.05, 0) is 0 Å². The highest BCUT2D eigenvalue weighted by Gasteiger charge is 2.52. The lowest BCUT2D eigenvalue weighted by Gasteiger charge is -2.47. The normalized spacial score (nSPS) is 26.6. The predicted octanol–water partition coefficient (Wildman–Crippen LogP) is -0.836. The summed E-state index contributed by atoms with van der Waals surface area (Å²) >= 11 is 1.25. The number of aliphatic carboxylic acids is 1. The lowest BCUT2D eigenvalue weighted by Crippen LogP contribution is -2.65. The molecule has 0 aromatic carbocycles. The molecule has 7 nitrogen and oxygen atoms in total. The molecule has 1 amide bonds. The van der Waals surface area contributed by atoms with E-state index in [1.54, 1.807) is 0 Å². The molecule has 0 radical (unpaired) electrons. The molecular weight excluding hydrogens is 262 g/mol. The molecule has 0 aromatic rings. The number of hydrogen-bond donors (Lipinski definition) is 2. The van der Waals surface area contributed by atoms with Gasteiger partial charge in [0.15, 0.2) is 6.10 Å². The van der Waals surface area contributed by atoms with Crippen molar-refractivity contribution in [2.75, 3.05) is 12.4 Å². The summed E-state index contributed by atoms with van der Waals surface area (Å²) in [5.41, 5.74) is 0.175. The Labute approximate surface area is 106 Å². The van der Waals surface area contributed by atoms with Crippen molar-refractivity contribution in [3.8, 4) is 0 Å². The highest BCUT2D eigenvalue weighted by molar-refractivity contribution is 8.00. The number of aliphatic hydroxyl groups excluding tert-OH is 1. The van der Waals surface area contributed by atoms with Crippen LogP contribution in [-0.4, -0.2) is 56.8 Å². The Balaban J connectivity index is 2.26. The maximum absolute atomic E-state index is 11.5. The second-order valence-corrected chi connectivity index (χ2v) is 5.00. The number of nitrogens with zero attached hydrogens (tertiary/aromatic N) is 1. The Kier molecular flexibility index (Phi) is 3.31. The van der Waals surface area contributed by atoms with Crippen LogP contribution in [0.5, 0.6) is 0 Å². The van der Waals surface area contributed by atoms with Crippen molar-refractivity contribution in [3.05, 3.63) is 11.3 Å². The van der Waals surface area contributed by atoms with Crippen LogP contribution in [0, 0.1) is 0 Å². The summed E-state index contributed by atoms with van der Waals surface area (Å²) in [4.78, 5) is 34.4. The van der Waals surface area contributed by atoms with E-state index < -0.39 is 29.3 Å². The van der Waals surface area contributed by atoms with Gasteiger partial charge in [0.05, 0.1) is 0 Å². The number of amides is 1. The Morgan fingerprint density at radius 3 is 2.78 bits per heavy atom. The average Bonchev–Trinajstić information content (AvgIpc) is 2.33. The molecule has 2 rings (SSSR count). The van der Waals surface area contributed by atoms with Crippen molar-refractivity contribution >= 4 is 29.6 Å². The van der Waals surface area contributed by atoms with Crippen LogP contribution < -0.4 is 0 Å². The van der Waals surface area contributed by atoms with E-state index >= 15 is 0 Å². The number of thioether (sulfide) groups is 1. The first-order valence-corrected chi connectivity index (χ1v) is 6.19. The molecule has 0 saturated carbocycles. The molecule has 1 saturated heterocycles. The minimum atomic E-state index is -1.26. The molecular formula is C10H11NO6S. The average molecular weight is 273 g/mol. The highest BCUT2D eigenvalue weighted by Crippen LogP contribution is 2.40. The van der Waals surface area contributed by atoms with Gasteiger partial charge in [-0.15, -0.1) is 11.8 Å². The molecule has 2 heterocycles. The van der Waals surface area contributed by atoms with Gasteiger partial charge in [-0.25, -0.2) is 4.79 Å². The van der Waals surface area contributed by atoms with Gasteiger partial charge in [0.25, 0.3) is 5.91 Å². The molecule has 2 aliphatic heterocycles. The summed E-state index contributed by atoms with van der Waals surface area (Å²) in [7, 11) is 0. The summed E-state index contributed by atoms with van der Waals surface area (Å²) in [6.07, 6.45) is -1.15. The molecule has 0 aromatic heterocycles. The highest BCUT2D eigenvalue weighted by atomic mass is 32.2. The molecule has 0 unspecified atom stereocenters. The van der Waals surface area contributed by atoms with E-state index in [0.29, 0.717) is 11.3 Å². The fourth-order valence-electron chi connectivity index (χ4n) is 1.83. The smallest absolute Gasteiger partial charge is 0.352 e. The van der Waals surface area contributed by atoms with E-state index in [1.807, 2.05) is 0 Å². The Morgan fingerprint density at radius 2 is 2.22 bits per heavy atom. The van der Waals surface area contributed by atoms with Crippen molar-refractivity contribution in [3.63, 3.8) is 0 Å². The lowest BCUT2D eigenvalue weighted by atomic mass is 10.1. The number of fused-ring (bicyclic) bond motifs is 1. The monoisotopic (exact) mass is 273 g/mol. The number of carboxylic acid groups (broad SMARTS) is 1. The third-order valence-electron chi connectivity index (χ3n) is 2.67. The van der Waals surface area contributed by atoms with Gasteiger partial charge in [-0.1, -0.05) is 0 Å². The molecule has 98 valence electrons. The van der Waals surface area contributed by atoms with Crippen molar-refractivity contribution in [1.82, 2.24) is 4.90 Å². The number of β-lactam (4-membered cyclic amide) rings is 1. The van der Waals surface area contributed by atoms with Crippen LogP contribution in [0.15, 0.2) is 11.3 Å². The van der Waals surface area contributed by atoms with Crippen molar-refractivity contribution in [2.24, 2.45) is 0 Å². The van der Waals surface area contributed by atoms with Crippen LogP contribution in [-0.2, 0) is 19.1 Å². The van der Waals surface area contributed by atoms with Gasteiger partial charge in [0.1, 0.15) is 17.7 Å². The first-order chi connectivity index (χ1) is 8.43. The molecule has 0 bridgehead atoms. The minimum Gasteiger partial charge on any atom is -0.477 e. The summed E-state index contributed by atoms with van der Waals surface area (Å²) in [5, 5.41) is 18.0. The maximum Gasteiger partial charge on any atom is 0.352 e. The number of esters is 1. The summed E-state index contributed by atoms with van der Waals surface area (Å²) in [5.74, 6) is -2.11. The molecule has 2 N–H and O–H groups in total. The predicted molar refractivity (Wildman–Crippen MR) is 60.4 cm³/mol. The summed E-state index contributed by atoms with van der Waals surface area (Å²) in [6.45, 7) is 1.06. The van der Waals surface area contributed by atoms with Crippen molar-refractivity contribution < 1.29 is 29.3 Å². The second kappa shape index (κ2) is 4.62. The number of carbonyl (C=O) groups is 3. The van der Waals surface area contributed by atoms with Crippen molar-refractivity contribution in [1.29, 1.82) is 0 Å². The van der Waals surface area contributed by atoms with Crippen LogP contribution in [0.3, 0.4) is 0 Å². The maximum atomic E-state index is 11.5. The largest absolute Gasteiger partial charge is 0.477 e. The third-order valence-corrected chi connectivity index (χ3v) is 4.00. The Bertz CT molecular complexity index is 459. The number of carboxylic acids is 1. The topological polar surface area (TPSA) is 104 Å². The van der Waals surface area contributed by atoms with Gasteiger partial charge in [0.2, 0.25) is 0 Å². The van der Waals surface area contributed by atoms with Gasteiger partial charge >= 0.3 is 11.9 Å². The number of ether oxygens (including phenoxy) is 1. The fraction of sp³-hybridized carbons (Fsp3) is 0.500. The summed E-state index contributed by atoms with van der Waals surface area (Å²) < 4.78 is 4.76. The van der Waals surface area contributed by atoms with E-state index in [1.165, 1.54) is 18.7 Å². The molecule has 8 heteroatoms. The zero-order chi connectivity index (χ0) is 13.4. The van der Waals surface area contributed by atoms with Gasteiger partial charge in [0, 0.05) is 18.2 Å². The standard InChI is InChI=1S/C10H11NO6S/c1-4(12)17-2-5-3-18-9-7(13)8(14)11(9)6(5)10(15)16/h7,9,13H,2-3H2,1H3,(H,15,16)/t7-,9-/m1/s1. The first kappa shape index (κ1) is 12.9. The van der Waals surface area contributed by atoms with Gasteiger partial charge in [-0.2, -0.15) is 0 Å². The fourth-order valence-corrected chi connectivity index (χ4v) is 3.08. The zero-order valence-corrected chi connectivity index (χ0v) is 10.3. The van der Waals surface area contributed by atoms with E-state index in [4.69, 9.17) is 9.84 Å². The second-order valence-electron chi connectivity index (χ2n) is 3.89. The Hall–Kier alpha value is -1.54.